The number of rotatable bonds is 2. The van der Waals surface area contributed by atoms with E-state index in [1.165, 1.54) is 0 Å². The summed E-state index contributed by atoms with van der Waals surface area (Å²) in [4.78, 5) is 13.0. The summed E-state index contributed by atoms with van der Waals surface area (Å²) in [7, 11) is 0. The number of nitrogens with one attached hydrogen (secondary N) is 1. The lowest BCUT2D eigenvalue weighted by atomic mass is 9.99. The Kier molecular flexibility index (Phi) is 3.50. The van der Waals surface area contributed by atoms with Crippen LogP contribution in [-0.2, 0) is 4.79 Å². The summed E-state index contributed by atoms with van der Waals surface area (Å²) in [5.41, 5.74) is 0.0578. The maximum atomic E-state index is 10.7. The Morgan fingerprint density at radius 2 is 2.21 bits per heavy atom. The molecule has 0 aliphatic carbocycles. The topological polar surface area (TPSA) is 52.6 Å². The molecule has 1 atom stereocenters. The van der Waals surface area contributed by atoms with Gasteiger partial charge in [0.15, 0.2) is 0 Å². The zero-order chi connectivity index (χ0) is 10.8. The van der Waals surface area contributed by atoms with Crippen LogP contribution in [-0.4, -0.2) is 47.2 Å². The molecule has 0 aromatic carbocycles. The van der Waals surface area contributed by atoms with Crippen LogP contribution >= 0.6 is 0 Å². The first kappa shape index (κ1) is 11.5. The van der Waals surface area contributed by atoms with Gasteiger partial charge in [0, 0.05) is 31.2 Å². The number of hydrogen-bond acceptors (Lipinski definition) is 3. The summed E-state index contributed by atoms with van der Waals surface area (Å²) in [5, 5.41) is 12.0. The molecule has 2 N–H and O–H groups in total. The second kappa shape index (κ2) is 4.28. The molecular weight excluding hydrogens is 180 g/mol. The van der Waals surface area contributed by atoms with E-state index in [9.17, 15) is 4.79 Å². The summed E-state index contributed by atoms with van der Waals surface area (Å²) in [6, 6.07) is 0.126. The fourth-order valence-corrected chi connectivity index (χ4v) is 2.03. The number of piperazine rings is 1. The maximum absolute atomic E-state index is 10.7. The van der Waals surface area contributed by atoms with Gasteiger partial charge in [-0.3, -0.25) is 9.69 Å². The molecule has 4 heteroatoms. The molecule has 0 spiro atoms. The third-order valence-corrected chi connectivity index (χ3v) is 2.62. The molecule has 1 aliphatic heterocycles. The minimum Gasteiger partial charge on any atom is -0.481 e. The first-order valence-electron chi connectivity index (χ1n) is 5.10. The van der Waals surface area contributed by atoms with Gasteiger partial charge in [-0.1, -0.05) is 0 Å². The molecule has 14 heavy (non-hydrogen) atoms. The van der Waals surface area contributed by atoms with Gasteiger partial charge in [0.1, 0.15) is 0 Å². The molecule has 82 valence electrons. The summed E-state index contributed by atoms with van der Waals surface area (Å²) in [5.74, 6) is -0.715. The zero-order valence-corrected chi connectivity index (χ0v) is 9.21. The maximum Gasteiger partial charge on any atom is 0.304 e. The van der Waals surface area contributed by atoms with E-state index in [1.807, 2.05) is 0 Å². The van der Waals surface area contributed by atoms with Gasteiger partial charge in [0.25, 0.3) is 0 Å². The third-order valence-electron chi connectivity index (χ3n) is 2.62. The van der Waals surface area contributed by atoms with Gasteiger partial charge in [0.2, 0.25) is 0 Å². The largest absolute Gasteiger partial charge is 0.481 e. The van der Waals surface area contributed by atoms with Crippen molar-refractivity contribution in [3.8, 4) is 0 Å². The van der Waals surface area contributed by atoms with Gasteiger partial charge in [-0.15, -0.1) is 0 Å². The molecule has 1 aliphatic rings. The smallest absolute Gasteiger partial charge is 0.304 e. The average molecular weight is 200 g/mol. The first-order valence-corrected chi connectivity index (χ1v) is 5.10. The first-order chi connectivity index (χ1) is 6.41. The standard InChI is InChI=1S/C10H20N2O2/c1-10(2,3)12-5-4-11-7-8(12)6-9(13)14/h8,11H,4-7H2,1-3H3,(H,13,14). The lowest BCUT2D eigenvalue weighted by molar-refractivity contribution is -0.139. The third kappa shape index (κ3) is 2.96. The SMILES string of the molecule is CC(C)(C)N1CCNCC1CC(=O)O. The average Bonchev–Trinajstić information content (AvgIpc) is 2.01. The van der Waals surface area contributed by atoms with E-state index < -0.39 is 5.97 Å². The summed E-state index contributed by atoms with van der Waals surface area (Å²) >= 11 is 0. The molecule has 0 radical (unpaired) electrons. The Morgan fingerprint density at radius 3 is 2.71 bits per heavy atom. The fourth-order valence-electron chi connectivity index (χ4n) is 2.03. The van der Waals surface area contributed by atoms with E-state index in [2.05, 4.69) is 31.0 Å². The van der Waals surface area contributed by atoms with Crippen molar-refractivity contribution in [3.63, 3.8) is 0 Å². The molecule has 0 amide bonds. The highest BCUT2D eigenvalue weighted by Crippen LogP contribution is 2.20. The lowest BCUT2D eigenvalue weighted by Crippen LogP contribution is -2.58. The molecule has 1 rings (SSSR count). The minimum atomic E-state index is -0.715. The highest BCUT2D eigenvalue weighted by Gasteiger charge is 2.31. The second-order valence-corrected chi connectivity index (χ2v) is 4.82. The number of nitrogens with zero attached hydrogens (tertiary/aromatic N) is 1. The predicted molar refractivity (Wildman–Crippen MR) is 55.4 cm³/mol. The number of carbonyl (C=O) groups is 1. The van der Waals surface area contributed by atoms with Crippen LogP contribution in [0.25, 0.3) is 0 Å². The Hall–Kier alpha value is -0.610. The van der Waals surface area contributed by atoms with Crippen molar-refractivity contribution in [3.05, 3.63) is 0 Å². The van der Waals surface area contributed by atoms with Crippen LogP contribution < -0.4 is 5.32 Å². The van der Waals surface area contributed by atoms with Crippen molar-refractivity contribution < 1.29 is 9.90 Å². The molecule has 0 bridgehead atoms. The molecule has 1 fully saturated rings. The molecular formula is C10H20N2O2. The number of aliphatic carboxylic acids is 1. The fraction of sp³-hybridized carbons (Fsp3) is 0.900. The Balaban J connectivity index is 2.64. The van der Waals surface area contributed by atoms with Crippen molar-refractivity contribution in [2.75, 3.05) is 19.6 Å². The predicted octanol–water partition coefficient (Wildman–Crippen LogP) is 0.533. The van der Waals surface area contributed by atoms with Crippen molar-refractivity contribution in [2.45, 2.75) is 38.8 Å². The highest BCUT2D eigenvalue weighted by atomic mass is 16.4. The van der Waals surface area contributed by atoms with Crippen LogP contribution in [0.5, 0.6) is 0 Å². The highest BCUT2D eigenvalue weighted by molar-refractivity contribution is 5.67. The van der Waals surface area contributed by atoms with Gasteiger partial charge in [-0.05, 0) is 20.8 Å². The van der Waals surface area contributed by atoms with Crippen molar-refractivity contribution in [2.24, 2.45) is 0 Å². The van der Waals surface area contributed by atoms with E-state index in [1.54, 1.807) is 0 Å². The normalized spacial score (nSPS) is 24.9. The number of hydrogen-bond donors (Lipinski definition) is 2. The van der Waals surface area contributed by atoms with E-state index >= 15 is 0 Å². The Morgan fingerprint density at radius 1 is 1.57 bits per heavy atom. The van der Waals surface area contributed by atoms with Gasteiger partial charge in [-0.25, -0.2) is 0 Å². The molecule has 1 heterocycles. The van der Waals surface area contributed by atoms with Crippen molar-refractivity contribution >= 4 is 5.97 Å². The summed E-state index contributed by atoms with van der Waals surface area (Å²) < 4.78 is 0. The molecule has 4 nitrogen and oxygen atoms in total. The van der Waals surface area contributed by atoms with Gasteiger partial charge in [0.05, 0.1) is 6.42 Å². The molecule has 0 aromatic heterocycles. The van der Waals surface area contributed by atoms with Crippen LogP contribution in [0.4, 0.5) is 0 Å². The molecule has 1 saturated heterocycles. The summed E-state index contributed by atoms with van der Waals surface area (Å²) in [6.45, 7) is 9.06. The van der Waals surface area contributed by atoms with Crippen molar-refractivity contribution in [1.82, 2.24) is 10.2 Å². The lowest BCUT2D eigenvalue weighted by Gasteiger charge is -2.44. The van der Waals surface area contributed by atoms with Gasteiger partial charge < -0.3 is 10.4 Å². The second-order valence-electron chi connectivity index (χ2n) is 4.82. The van der Waals surface area contributed by atoms with Crippen LogP contribution in [0.1, 0.15) is 27.2 Å². The van der Waals surface area contributed by atoms with Gasteiger partial charge >= 0.3 is 5.97 Å². The van der Waals surface area contributed by atoms with Crippen LogP contribution in [0.15, 0.2) is 0 Å². The molecule has 0 aromatic rings. The zero-order valence-electron chi connectivity index (χ0n) is 9.21. The van der Waals surface area contributed by atoms with E-state index in [-0.39, 0.29) is 18.0 Å². The molecule has 0 saturated carbocycles. The van der Waals surface area contributed by atoms with Crippen LogP contribution in [0.2, 0.25) is 0 Å². The quantitative estimate of drug-likeness (QED) is 0.683. The molecule has 1 unspecified atom stereocenters. The van der Waals surface area contributed by atoms with E-state index in [4.69, 9.17) is 5.11 Å². The summed E-state index contributed by atoms with van der Waals surface area (Å²) in [6.07, 6.45) is 0.226. The van der Waals surface area contributed by atoms with Crippen LogP contribution in [0, 0.1) is 0 Å². The van der Waals surface area contributed by atoms with E-state index in [0.29, 0.717) is 0 Å². The van der Waals surface area contributed by atoms with Gasteiger partial charge in [-0.2, -0.15) is 0 Å². The van der Waals surface area contributed by atoms with Crippen LogP contribution in [0.3, 0.4) is 0 Å². The number of carboxylic acid groups (broad SMARTS) is 1. The monoisotopic (exact) mass is 200 g/mol. The Labute approximate surface area is 85.3 Å². The minimum absolute atomic E-state index is 0.0578. The number of carboxylic acids is 1. The van der Waals surface area contributed by atoms with E-state index in [0.717, 1.165) is 19.6 Å². The Bertz CT molecular complexity index is 211. The van der Waals surface area contributed by atoms with Crippen molar-refractivity contribution in [1.29, 1.82) is 0 Å².